The maximum absolute atomic E-state index is 12.5. The third-order valence-electron chi connectivity index (χ3n) is 5.91. The number of hydrogen-bond donors (Lipinski definition) is 1. The normalized spacial score (nSPS) is 26.9. The van der Waals surface area contributed by atoms with Gasteiger partial charge in [-0.1, -0.05) is 0 Å². The number of ether oxygens (including phenoxy) is 1. The number of carbonyl (C=O) groups is 2. The van der Waals surface area contributed by atoms with Gasteiger partial charge in [0.1, 0.15) is 12.3 Å². The zero-order chi connectivity index (χ0) is 16.7. The van der Waals surface area contributed by atoms with Gasteiger partial charge >= 0.3 is 0 Å². The summed E-state index contributed by atoms with van der Waals surface area (Å²) in [5, 5.41) is 0. The minimum Gasteiger partial charge on any atom is -0.363 e. The summed E-state index contributed by atoms with van der Waals surface area (Å²) < 4.78 is 6.04. The van der Waals surface area contributed by atoms with Crippen LogP contribution < -0.4 is 0 Å². The molecule has 2 saturated heterocycles. The number of aromatic amines is 1. The maximum atomic E-state index is 12.5. The van der Waals surface area contributed by atoms with Crippen molar-refractivity contribution in [1.29, 1.82) is 0 Å². The third-order valence-corrected chi connectivity index (χ3v) is 5.91. The van der Waals surface area contributed by atoms with Crippen LogP contribution in [0, 0.1) is 5.92 Å². The van der Waals surface area contributed by atoms with E-state index in [1.54, 1.807) is 6.20 Å². The summed E-state index contributed by atoms with van der Waals surface area (Å²) in [6.45, 7) is 4.51. The molecule has 2 amide bonds. The van der Waals surface area contributed by atoms with Crippen molar-refractivity contribution >= 4 is 11.8 Å². The second kappa shape index (κ2) is 5.92. The van der Waals surface area contributed by atoms with E-state index in [0.29, 0.717) is 24.7 Å². The number of piperidine rings is 1. The highest BCUT2D eigenvalue weighted by molar-refractivity contribution is 5.92. The number of hydrogen-bond acceptors (Lipinski definition) is 3. The Morgan fingerprint density at radius 1 is 1.38 bits per heavy atom. The highest BCUT2D eigenvalue weighted by atomic mass is 16.5. The molecule has 0 bridgehead atoms. The van der Waals surface area contributed by atoms with Gasteiger partial charge in [0.05, 0.1) is 11.6 Å². The number of amides is 2. The Morgan fingerprint density at radius 2 is 2.12 bits per heavy atom. The number of nitrogens with one attached hydrogen (secondary N) is 1. The van der Waals surface area contributed by atoms with E-state index in [4.69, 9.17) is 4.74 Å². The molecule has 0 aromatic carbocycles. The Hall–Kier alpha value is -1.82. The minimum atomic E-state index is -0.296. The standard InChI is InChI=1S/C18H25N3O3/c1-13-18(24-12-16(22)21(13)11-14-4-5-14)6-9-20(10-7-18)17(23)15-3-2-8-19-15/h2-3,8,13-14,19H,4-7,9-12H2,1H3/t13-/m1/s1. The van der Waals surface area contributed by atoms with Crippen molar-refractivity contribution < 1.29 is 14.3 Å². The van der Waals surface area contributed by atoms with Gasteiger partial charge in [0.15, 0.2) is 0 Å². The molecule has 1 saturated carbocycles. The van der Waals surface area contributed by atoms with Gasteiger partial charge in [-0.05, 0) is 50.7 Å². The Balaban J connectivity index is 1.43. The van der Waals surface area contributed by atoms with E-state index in [-0.39, 0.29) is 30.1 Å². The zero-order valence-corrected chi connectivity index (χ0v) is 14.2. The van der Waals surface area contributed by atoms with E-state index >= 15 is 0 Å². The largest absolute Gasteiger partial charge is 0.363 e. The molecule has 1 aromatic rings. The van der Waals surface area contributed by atoms with E-state index in [1.807, 2.05) is 21.9 Å². The molecule has 24 heavy (non-hydrogen) atoms. The van der Waals surface area contributed by atoms with Crippen molar-refractivity contribution in [2.24, 2.45) is 5.92 Å². The number of morpholine rings is 1. The van der Waals surface area contributed by atoms with Crippen molar-refractivity contribution in [3.63, 3.8) is 0 Å². The van der Waals surface area contributed by atoms with Crippen molar-refractivity contribution in [2.45, 2.75) is 44.2 Å². The SMILES string of the molecule is C[C@H]1N(CC2CC2)C(=O)COC12CCN(C(=O)c1ccc[nH]1)CC2. The van der Waals surface area contributed by atoms with E-state index in [0.717, 1.165) is 19.4 Å². The first-order valence-corrected chi connectivity index (χ1v) is 8.95. The highest BCUT2D eigenvalue weighted by Gasteiger charge is 2.49. The number of likely N-dealkylation sites (tertiary alicyclic amines) is 1. The van der Waals surface area contributed by atoms with Crippen LogP contribution in [0.25, 0.3) is 0 Å². The zero-order valence-electron chi connectivity index (χ0n) is 14.2. The molecule has 130 valence electrons. The lowest BCUT2D eigenvalue weighted by Gasteiger charge is -2.51. The summed E-state index contributed by atoms with van der Waals surface area (Å²) in [5.41, 5.74) is 0.337. The van der Waals surface area contributed by atoms with E-state index < -0.39 is 0 Å². The number of aromatic nitrogens is 1. The topological polar surface area (TPSA) is 65.6 Å². The van der Waals surface area contributed by atoms with Crippen LogP contribution in [0.5, 0.6) is 0 Å². The maximum Gasteiger partial charge on any atom is 0.270 e. The minimum absolute atomic E-state index is 0.0456. The second-order valence-electron chi connectivity index (χ2n) is 7.39. The van der Waals surface area contributed by atoms with Crippen LogP contribution in [-0.4, -0.2) is 64.5 Å². The van der Waals surface area contributed by atoms with Crippen LogP contribution >= 0.6 is 0 Å². The van der Waals surface area contributed by atoms with Crippen molar-refractivity contribution in [3.05, 3.63) is 24.0 Å². The summed E-state index contributed by atoms with van der Waals surface area (Å²) in [6, 6.07) is 3.73. The van der Waals surface area contributed by atoms with Crippen LogP contribution in [0.4, 0.5) is 0 Å². The van der Waals surface area contributed by atoms with Crippen molar-refractivity contribution in [2.75, 3.05) is 26.2 Å². The van der Waals surface area contributed by atoms with Crippen LogP contribution in [0.3, 0.4) is 0 Å². The molecule has 3 heterocycles. The predicted molar refractivity (Wildman–Crippen MR) is 88.5 cm³/mol. The quantitative estimate of drug-likeness (QED) is 0.916. The Bertz CT molecular complexity index is 615. The fourth-order valence-electron chi connectivity index (χ4n) is 4.03. The molecule has 1 spiro atoms. The second-order valence-corrected chi connectivity index (χ2v) is 7.39. The molecule has 0 radical (unpaired) electrons. The van der Waals surface area contributed by atoms with Crippen LogP contribution in [-0.2, 0) is 9.53 Å². The lowest BCUT2D eigenvalue weighted by molar-refractivity contribution is -0.185. The fraction of sp³-hybridized carbons (Fsp3) is 0.667. The van der Waals surface area contributed by atoms with Crippen LogP contribution in [0.2, 0.25) is 0 Å². The van der Waals surface area contributed by atoms with Gasteiger partial charge in [-0.15, -0.1) is 0 Å². The smallest absolute Gasteiger partial charge is 0.270 e. The average molecular weight is 331 g/mol. The molecular weight excluding hydrogens is 306 g/mol. The molecule has 3 aliphatic rings. The molecule has 6 heteroatoms. The molecule has 1 aliphatic carbocycles. The molecule has 2 aliphatic heterocycles. The summed E-state index contributed by atoms with van der Waals surface area (Å²) in [7, 11) is 0. The van der Waals surface area contributed by atoms with E-state index in [2.05, 4.69) is 11.9 Å². The molecule has 4 rings (SSSR count). The van der Waals surface area contributed by atoms with Crippen molar-refractivity contribution in [1.82, 2.24) is 14.8 Å². The van der Waals surface area contributed by atoms with Gasteiger partial charge in [0, 0.05) is 25.8 Å². The summed E-state index contributed by atoms with van der Waals surface area (Å²) in [5.74, 6) is 0.843. The molecule has 1 aromatic heterocycles. The molecular formula is C18H25N3O3. The average Bonchev–Trinajstić information content (AvgIpc) is 3.25. The first-order valence-electron chi connectivity index (χ1n) is 8.95. The first-order chi connectivity index (χ1) is 11.6. The van der Waals surface area contributed by atoms with E-state index in [1.165, 1.54) is 12.8 Å². The number of rotatable bonds is 3. The van der Waals surface area contributed by atoms with Gasteiger partial charge < -0.3 is 19.5 Å². The van der Waals surface area contributed by atoms with Crippen LogP contribution in [0.1, 0.15) is 43.1 Å². The highest BCUT2D eigenvalue weighted by Crippen LogP contribution is 2.38. The van der Waals surface area contributed by atoms with E-state index in [9.17, 15) is 9.59 Å². The Morgan fingerprint density at radius 3 is 2.75 bits per heavy atom. The van der Waals surface area contributed by atoms with Crippen LogP contribution in [0.15, 0.2) is 18.3 Å². The van der Waals surface area contributed by atoms with Crippen molar-refractivity contribution in [3.8, 4) is 0 Å². The van der Waals surface area contributed by atoms with Gasteiger partial charge in [0.2, 0.25) is 5.91 Å². The number of carbonyl (C=O) groups excluding carboxylic acids is 2. The molecule has 1 atom stereocenters. The first kappa shape index (κ1) is 15.7. The van der Waals surface area contributed by atoms with Gasteiger partial charge in [0.25, 0.3) is 5.91 Å². The lowest BCUT2D eigenvalue weighted by atomic mass is 9.82. The van der Waals surface area contributed by atoms with Gasteiger partial charge in [-0.25, -0.2) is 0 Å². The van der Waals surface area contributed by atoms with Gasteiger partial charge in [-0.2, -0.15) is 0 Å². The van der Waals surface area contributed by atoms with Gasteiger partial charge in [-0.3, -0.25) is 9.59 Å². The molecule has 6 nitrogen and oxygen atoms in total. The molecule has 1 N–H and O–H groups in total. The summed E-state index contributed by atoms with van der Waals surface area (Å²) in [4.78, 5) is 31.6. The Labute approximate surface area is 142 Å². The predicted octanol–water partition coefficient (Wildman–Crippen LogP) is 1.65. The molecule has 3 fully saturated rings. The monoisotopic (exact) mass is 331 g/mol. The number of nitrogens with zero attached hydrogens (tertiary/aromatic N) is 2. The third kappa shape index (κ3) is 2.73. The summed E-state index contributed by atoms with van der Waals surface area (Å²) >= 11 is 0. The Kier molecular flexibility index (Phi) is 3.87. The fourth-order valence-corrected chi connectivity index (χ4v) is 4.03. The lowest BCUT2D eigenvalue weighted by Crippen LogP contribution is -2.64. The molecule has 0 unspecified atom stereocenters. The summed E-state index contributed by atoms with van der Waals surface area (Å²) in [6.07, 6.45) is 5.82. The number of H-pyrrole nitrogens is 1.